The molecule has 0 aliphatic heterocycles. The smallest absolute Gasteiger partial charge is 0.242 e. The third kappa shape index (κ3) is 6.78. The molecule has 0 spiro atoms. The lowest BCUT2D eigenvalue weighted by atomic mass is 10.0. The largest absolute Gasteiger partial charge is 0.368 e. The minimum Gasteiger partial charge on any atom is -0.368 e. The van der Waals surface area contributed by atoms with Crippen LogP contribution in [-0.4, -0.2) is 65.1 Å². The monoisotopic (exact) mass is 552 g/mol. The highest BCUT2D eigenvalue weighted by molar-refractivity contribution is 6.30. The van der Waals surface area contributed by atoms with Crippen molar-refractivity contribution in [2.45, 2.75) is 65.1 Å². The molecule has 1 heterocycles. The summed E-state index contributed by atoms with van der Waals surface area (Å²) in [6, 6.07) is 11.2. The Morgan fingerprint density at radius 3 is 2.56 bits per heavy atom. The molecule has 0 bridgehead atoms. The number of amides is 2. The van der Waals surface area contributed by atoms with Gasteiger partial charge in [-0.25, -0.2) is 0 Å². The number of hydrogen-bond donors (Lipinski definition) is 2. The van der Waals surface area contributed by atoms with Crippen LogP contribution in [0.3, 0.4) is 0 Å². The normalized spacial score (nSPS) is 15.3. The molecule has 3 aromatic rings. The molecule has 1 aliphatic rings. The van der Waals surface area contributed by atoms with Gasteiger partial charge >= 0.3 is 0 Å². The van der Waals surface area contributed by atoms with E-state index in [4.69, 9.17) is 21.9 Å². The summed E-state index contributed by atoms with van der Waals surface area (Å²) in [5.41, 5.74) is 10.7. The summed E-state index contributed by atoms with van der Waals surface area (Å²) in [5.74, 6) is 0.312. The van der Waals surface area contributed by atoms with E-state index in [2.05, 4.69) is 15.5 Å². The van der Waals surface area contributed by atoms with E-state index in [9.17, 15) is 9.59 Å². The number of aryl methyl sites for hydroxylation is 2. The summed E-state index contributed by atoms with van der Waals surface area (Å²) < 4.78 is 5.17. The molecule has 1 aliphatic carbocycles. The number of nitrogens with one attached hydrogen (secondary N) is 1. The van der Waals surface area contributed by atoms with E-state index in [1.165, 1.54) is 5.56 Å². The maximum atomic E-state index is 13.8. The van der Waals surface area contributed by atoms with Crippen LogP contribution >= 0.6 is 11.6 Å². The topological polar surface area (TPSA) is 118 Å². The first-order chi connectivity index (χ1) is 18.5. The van der Waals surface area contributed by atoms with Crippen LogP contribution in [0.25, 0.3) is 11.4 Å². The average molecular weight is 553 g/mol. The van der Waals surface area contributed by atoms with Crippen molar-refractivity contribution in [3.05, 3.63) is 64.0 Å². The van der Waals surface area contributed by atoms with Gasteiger partial charge in [-0.3, -0.25) is 9.59 Å². The Morgan fingerprint density at radius 1 is 1.15 bits per heavy atom. The fraction of sp³-hybridized carbons (Fsp3) is 0.448. The number of hydrogen-bond acceptors (Lipinski definition) is 7. The van der Waals surface area contributed by atoms with Crippen LogP contribution in [0.5, 0.6) is 0 Å². The predicted molar refractivity (Wildman–Crippen MR) is 153 cm³/mol. The number of nitrogens with zero attached hydrogens (tertiary/aromatic N) is 4. The first kappa shape index (κ1) is 28.6. The molecule has 0 fully saturated rings. The van der Waals surface area contributed by atoms with Crippen molar-refractivity contribution in [3.63, 3.8) is 0 Å². The Balaban J connectivity index is 1.63. The second kappa shape index (κ2) is 12.2. The number of fused-ring (bicyclic) bond motifs is 1. The Kier molecular flexibility index (Phi) is 8.92. The summed E-state index contributed by atoms with van der Waals surface area (Å²) in [4.78, 5) is 34.5. The van der Waals surface area contributed by atoms with E-state index in [1.807, 2.05) is 69.1 Å². The number of rotatable bonds is 11. The number of likely N-dealkylation sites (N-methyl/N-ethyl adjacent to an activating group) is 1. The van der Waals surface area contributed by atoms with Gasteiger partial charge in [0.05, 0.1) is 6.54 Å². The van der Waals surface area contributed by atoms with Crippen molar-refractivity contribution in [1.29, 1.82) is 0 Å². The fourth-order valence-corrected chi connectivity index (χ4v) is 5.29. The van der Waals surface area contributed by atoms with E-state index in [-0.39, 0.29) is 24.5 Å². The van der Waals surface area contributed by atoms with Crippen LogP contribution in [0.1, 0.15) is 42.8 Å². The van der Waals surface area contributed by atoms with Crippen LogP contribution in [-0.2, 0) is 22.4 Å². The molecule has 3 N–H and O–H groups in total. The lowest BCUT2D eigenvalue weighted by Crippen LogP contribution is -2.52. The molecule has 0 saturated heterocycles. The number of carbonyl (C=O) groups is 2. The van der Waals surface area contributed by atoms with E-state index in [0.29, 0.717) is 29.7 Å². The van der Waals surface area contributed by atoms with Crippen molar-refractivity contribution in [2.24, 2.45) is 5.73 Å². The van der Waals surface area contributed by atoms with E-state index < -0.39 is 11.9 Å². The number of anilines is 1. The van der Waals surface area contributed by atoms with Crippen molar-refractivity contribution in [3.8, 4) is 11.4 Å². The summed E-state index contributed by atoms with van der Waals surface area (Å²) in [7, 11) is 1.82. The molecular weight excluding hydrogens is 516 g/mol. The third-order valence-corrected chi connectivity index (χ3v) is 7.54. The average Bonchev–Trinajstić information content (AvgIpc) is 3.51. The molecule has 1 aromatic heterocycles. The highest BCUT2D eigenvalue weighted by Gasteiger charge is 2.32. The van der Waals surface area contributed by atoms with Gasteiger partial charge in [-0.2, -0.15) is 4.98 Å². The maximum Gasteiger partial charge on any atom is 0.242 e. The van der Waals surface area contributed by atoms with Gasteiger partial charge in [0, 0.05) is 42.3 Å². The number of carbonyl (C=O) groups excluding carboxylic acids is 2. The van der Waals surface area contributed by atoms with Crippen molar-refractivity contribution < 1.29 is 14.1 Å². The van der Waals surface area contributed by atoms with Crippen LogP contribution in [0.2, 0.25) is 5.02 Å². The van der Waals surface area contributed by atoms with Gasteiger partial charge in [0.1, 0.15) is 6.04 Å². The van der Waals surface area contributed by atoms with Crippen molar-refractivity contribution in [2.75, 3.05) is 25.0 Å². The molecule has 2 aromatic carbocycles. The van der Waals surface area contributed by atoms with Gasteiger partial charge in [0.25, 0.3) is 0 Å². The van der Waals surface area contributed by atoms with Crippen LogP contribution in [0.4, 0.5) is 5.69 Å². The Bertz CT molecular complexity index is 1340. The number of halogens is 1. The maximum absolute atomic E-state index is 13.8. The summed E-state index contributed by atoms with van der Waals surface area (Å²) >= 11 is 6.20. The second-order valence-corrected chi connectivity index (χ2v) is 11.0. The molecular formula is C29H37ClN6O3. The molecule has 0 radical (unpaired) electrons. The Hall–Kier alpha value is -3.43. The molecule has 2 atom stereocenters. The first-order valence-corrected chi connectivity index (χ1v) is 13.6. The Labute approximate surface area is 234 Å². The highest BCUT2D eigenvalue weighted by Crippen LogP contribution is 2.31. The van der Waals surface area contributed by atoms with Gasteiger partial charge in [0.2, 0.25) is 23.5 Å². The van der Waals surface area contributed by atoms with Crippen LogP contribution in [0, 0.1) is 13.8 Å². The molecule has 10 heteroatoms. The zero-order chi connectivity index (χ0) is 28.3. The van der Waals surface area contributed by atoms with Crippen LogP contribution in [0.15, 0.2) is 40.9 Å². The summed E-state index contributed by atoms with van der Waals surface area (Å²) in [6.07, 6.45) is 1.95. The van der Waals surface area contributed by atoms with Gasteiger partial charge in [0.15, 0.2) is 0 Å². The minimum absolute atomic E-state index is 0.00501. The summed E-state index contributed by atoms with van der Waals surface area (Å²) in [5, 5.41) is 8.09. The zero-order valence-electron chi connectivity index (χ0n) is 23.2. The molecule has 0 saturated carbocycles. The molecule has 2 unspecified atom stereocenters. The number of primary amides is 1. The second-order valence-electron chi connectivity index (χ2n) is 10.6. The van der Waals surface area contributed by atoms with E-state index >= 15 is 0 Å². The fourth-order valence-electron chi connectivity index (χ4n) is 5.10. The predicted octanol–water partition coefficient (Wildman–Crippen LogP) is 3.68. The van der Waals surface area contributed by atoms with Gasteiger partial charge in [-0.05, 0) is 67.6 Å². The lowest BCUT2D eigenvalue weighted by molar-refractivity contribution is -0.130. The third-order valence-electron chi connectivity index (χ3n) is 7.31. The van der Waals surface area contributed by atoms with Gasteiger partial charge < -0.3 is 25.4 Å². The SMILES string of the molecule is Cc1nc(-c2ccc(C)c(N(CC(=O)N(C)C3Cc4ccc(Cl)cc4C3)C(CCNC(C)C)C(N)=O)c2)no1. The molecule has 39 heavy (non-hydrogen) atoms. The molecule has 9 nitrogen and oxygen atoms in total. The minimum atomic E-state index is -0.700. The van der Waals surface area contributed by atoms with Gasteiger partial charge in [-0.15, -0.1) is 0 Å². The number of nitrogens with two attached hydrogens (primary N) is 1. The highest BCUT2D eigenvalue weighted by atomic mass is 35.5. The number of benzene rings is 2. The quantitative estimate of drug-likeness (QED) is 0.372. The van der Waals surface area contributed by atoms with Crippen molar-refractivity contribution in [1.82, 2.24) is 20.4 Å². The van der Waals surface area contributed by atoms with Crippen molar-refractivity contribution >= 4 is 29.1 Å². The zero-order valence-corrected chi connectivity index (χ0v) is 24.0. The Morgan fingerprint density at radius 2 is 1.90 bits per heavy atom. The van der Waals surface area contributed by atoms with Gasteiger partial charge in [-0.1, -0.05) is 48.8 Å². The van der Waals surface area contributed by atoms with E-state index in [1.54, 1.807) is 11.8 Å². The standard InChI is InChI=1S/C29H37ClN6O3/c1-17(2)32-11-10-25(28(31)38)36(26-15-21(7-6-18(26)3)29-33-19(4)39-34-29)16-27(37)35(5)24-13-20-8-9-23(30)12-22(20)14-24/h6-9,12,15,17,24-25,32H,10-11,13-14,16H2,1-5H3,(H2,31,38). The molecule has 4 rings (SSSR count). The number of aromatic nitrogens is 2. The first-order valence-electron chi connectivity index (χ1n) is 13.3. The lowest BCUT2D eigenvalue weighted by Gasteiger charge is -2.35. The molecule has 208 valence electrons. The van der Waals surface area contributed by atoms with Crippen LogP contribution < -0.4 is 16.0 Å². The molecule has 2 amide bonds. The van der Waals surface area contributed by atoms with E-state index in [0.717, 1.165) is 35.2 Å². The summed E-state index contributed by atoms with van der Waals surface area (Å²) in [6.45, 7) is 8.34.